The molecule has 0 radical (unpaired) electrons. The number of alkyl halides is 3. The molecule has 0 saturated heterocycles. The Kier molecular flexibility index (Phi) is 6.08. The average Bonchev–Trinajstić information content (AvgIpc) is 3.03. The molecule has 0 aliphatic carbocycles. The first-order chi connectivity index (χ1) is 14.4. The minimum absolute atomic E-state index is 0.0516. The van der Waals surface area contributed by atoms with Crippen LogP contribution in [0.3, 0.4) is 0 Å². The van der Waals surface area contributed by atoms with Gasteiger partial charge in [0, 0.05) is 6.07 Å². The number of esters is 1. The van der Waals surface area contributed by atoms with Crippen molar-refractivity contribution in [3.8, 4) is 5.75 Å². The molecule has 2 atom stereocenters. The molecule has 0 N–H and O–H groups in total. The predicted octanol–water partition coefficient (Wildman–Crippen LogP) is 4.42. The van der Waals surface area contributed by atoms with Crippen molar-refractivity contribution in [2.75, 3.05) is 0 Å². The third-order valence-electron chi connectivity index (χ3n) is 4.37. The summed E-state index contributed by atoms with van der Waals surface area (Å²) in [6, 6.07) is 7.49. The van der Waals surface area contributed by atoms with E-state index in [0.717, 1.165) is 24.3 Å². The van der Waals surface area contributed by atoms with E-state index in [9.17, 15) is 35.2 Å². The summed E-state index contributed by atoms with van der Waals surface area (Å²) in [4.78, 5) is 11.7. The number of halogens is 5. The summed E-state index contributed by atoms with van der Waals surface area (Å²) >= 11 is 0. The van der Waals surface area contributed by atoms with Crippen LogP contribution >= 0.6 is 0 Å². The molecule has 3 rings (SSSR count). The van der Waals surface area contributed by atoms with Crippen molar-refractivity contribution in [2.24, 2.45) is 0 Å². The molecular formula is C20H15F5O5S. The Morgan fingerprint density at radius 2 is 1.81 bits per heavy atom. The van der Waals surface area contributed by atoms with Gasteiger partial charge in [0.2, 0.25) is 15.3 Å². The van der Waals surface area contributed by atoms with Crippen molar-refractivity contribution in [1.82, 2.24) is 0 Å². The number of carbonyl (C=O) groups excluding carboxylic acids is 1. The molecule has 0 aromatic heterocycles. The lowest BCUT2D eigenvalue weighted by Crippen LogP contribution is -2.24. The van der Waals surface area contributed by atoms with Gasteiger partial charge in [-0.05, 0) is 42.8 Å². The SMILES string of the molecule is C[C@H](Oc1ccc(F)c(F)c1)S(=O)(=O)c1cccc(C2=CC(CC(F)(F)F)OC2=O)c1. The van der Waals surface area contributed by atoms with Gasteiger partial charge in [0.05, 0.1) is 16.9 Å². The van der Waals surface area contributed by atoms with Crippen LogP contribution in [0.2, 0.25) is 0 Å². The second-order valence-corrected chi connectivity index (χ2v) is 8.90. The first-order valence-corrected chi connectivity index (χ1v) is 10.4. The van der Waals surface area contributed by atoms with Crippen LogP contribution in [0.1, 0.15) is 18.9 Å². The summed E-state index contributed by atoms with van der Waals surface area (Å²) in [6.45, 7) is 1.17. The zero-order valence-corrected chi connectivity index (χ0v) is 16.6. The Balaban J connectivity index is 1.85. The van der Waals surface area contributed by atoms with Crippen LogP contribution in [0.25, 0.3) is 5.57 Å². The highest BCUT2D eigenvalue weighted by Gasteiger charge is 2.37. The number of sulfone groups is 1. The fourth-order valence-electron chi connectivity index (χ4n) is 2.87. The lowest BCUT2D eigenvalue weighted by Gasteiger charge is -2.16. The summed E-state index contributed by atoms with van der Waals surface area (Å²) in [6.07, 6.45) is -6.42. The lowest BCUT2D eigenvalue weighted by atomic mass is 10.1. The molecule has 31 heavy (non-hydrogen) atoms. The molecule has 0 bridgehead atoms. The molecule has 0 amide bonds. The van der Waals surface area contributed by atoms with Gasteiger partial charge in [0.15, 0.2) is 11.6 Å². The first-order valence-electron chi connectivity index (χ1n) is 8.82. The molecule has 1 heterocycles. The molecule has 2 aromatic carbocycles. The zero-order valence-electron chi connectivity index (χ0n) is 15.8. The molecule has 1 aliphatic rings. The molecular weight excluding hydrogens is 447 g/mol. The quantitative estimate of drug-likeness (QED) is 0.470. The van der Waals surface area contributed by atoms with Gasteiger partial charge in [-0.2, -0.15) is 13.2 Å². The molecule has 0 saturated carbocycles. The van der Waals surface area contributed by atoms with E-state index in [0.29, 0.717) is 6.07 Å². The van der Waals surface area contributed by atoms with E-state index in [1.807, 2.05) is 0 Å². The van der Waals surface area contributed by atoms with Crippen LogP contribution in [-0.4, -0.2) is 32.1 Å². The van der Waals surface area contributed by atoms with Gasteiger partial charge in [0.1, 0.15) is 11.9 Å². The summed E-state index contributed by atoms with van der Waals surface area (Å²) in [5.41, 5.74) is -1.66. The van der Waals surface area contributed by atoms with Crippen molar-refractivity contribution in [3.05, 3.63) is 65.7 Å². The number of hydrogen-bond donors (Lipinski definition) is 0. The summed E-state index contributed by atoms with van der Waals surface area (Å²) in [5.74, 6) is -3.57. The van der Waals surface area contributed by atoms with Crippen LogP contribution in [0.4, 0.5) is 22.0 Å². The van der Waals surface area contributed by atoms with Crippen LogP contribution in [0.5, 0.6) is 5.75 Å². The van der Waals surface area contributed by atoms with Crippen LogP contribution in [0, 0.1) is 11.6 Å². The van der Waals surface area contributed by atoms with Crippen molar-refractivity contribution >= 4 is 21.4 Å². The predicted molar refractivity (Wildman–Crippen MR) is 98.6 cm³/mol. The Morgan fingerprint density at radius 1 is 1.10 bits per heavy atom. The highest BCUT2D eigenvalue weighted by atomic mass is 32.2. The normalized spacial score (nSPS) is 17.8. The van der Waals surface area contributed by atoms with Crippen LogP contribution in [-0.2, 0) is 19.4 Å². The van der Waals surface area contributed by atoms with E-state index in [1.165, 1.54) is 25.1 Å². The fourth-order valence-corrected chi connectivity index (χ4v) is 4.05. The Morgan fingerprint density at radius 3 is 2.45 bits per heavy atom. The zero-order chi connectivity index (χ0) is 23.0. The van der Waals surface area contributed by atoms with Crippen molar-refractivity contribution in [3.63, 3.8) is 0 Å². The third kappa shape index (κ3) is 5.22. The van der Waals surface area contributed by atoms with Crippen molar-refractivity contribution in [2.45, 2.75) is 36.0 Å². The smallest absolute Gasteiger partial charge is 0.392 e. The Bertz CT molecular complexity index is 1140. The summed E-state index contributed by atoms with van der Waals surface area (Å²) in [5, 5.41) is 0. The third-order valence-corrected chi connectivity index (χ3v) is 6.25. The van der Waals surface area contributed by atoms with Gasteiger partial charge in [-0.3, -0.25) is 0 Å². The highest BCUT2D eigenvalue weighted by molar-refractivity contribution is 7.91. The number of hydrogen-bond acceptors (Lipinski definition) is 5. The van der Waals surface area contributed by atoms with Gasteiger partial charge < -0.3 is 9.47 Å². The Hall–Kier alpha value is -2.95. The molecule has 0 fully saturated rings. The molecule has 2 aromatic rings. The van der Waals surface area contributed by atoms with Gasteiger partial charge in [-0.25, -0.2) is 22.0 Å². The highest BCUT2D eigenvalue weighted by Crippen LogP contribution is 2.32. The minimum atomic E-state index is -4.55. The van der Waals surface area contributed by atoms with E-state index in [4.69, 9.17) is 4.74 Å². The first kappa shape index (κ1) is 22.7. The van der Waals surface area contributed by atoms with E-state index >= 15 is 0 Å². The van der Waals surface area contributed by atoms with Gasteiger partial charge >= 0.3 is 12.1 Å². The maximum Gasteiger partial charge on any atom is 0.392 e. The van der Waals surface area contributed by atoms with Gasteiger partial charge in [-0.15, -0.1) is 0 Å². The fraction of sp³-hybridized carbons (Fsp3) is 0.250. The summed E-state index contributed by atoms with van der Waals surface area (Å²) < 4.78 is 99.5. The van der Waals surface area contributed by atoms with Crippen LogP contribution in [0.15, 0.2) is 53.4 Å². The topological polar surface area (TPSA) is 69.7 Å². The molecule has 0 spiro atoms. The Labute approximate surface area is 174 Å². The second kappa shape index (κ2) is 8.29. The molecule has 11 heteroatoms. The monoisotopic (exact) mass is 462 g/mol. The number of cyclic esters (lactones) is 1. The number of benzene rings is 2. The molecule has 166 valence electrons. The second-order valence-electron chi connectivity index (χ2n) is 6.68. The lowest BCUT2D eigenvalue weighted by molar-refractivity contribution is -0.160. The number of carbonyl (C=O) groups is 1. The maximum absolute atomic E-state index is 13.3. The van der Waals surface area contributed by atoms with Crippen molar-refractivity contribution in [1.29, 1.82) is 0 Å². The van der Waals surface area contributed by atoms with Crippen molar-refractivity contribution < 1.29 is 44.6 Å². The van der Waals surface area contributed by atoms with E-state index in [2.05, 4.69) is 4.74 Å². The number of rotatable bonds is 6. The summed E-state index contributed by atoms with van der Waals surface area (Å²) in [7, 11) is -4.17. The van der Waals surface area contributed by atoms with Crippen LogP contribution < -0.4 is 4.74 Å². The molecule has 1 aliphatic heterocycles. The minimum Gasteiger partial charge on any atom is -0.474 e. The standard InChI is InChI=1S/C20H15F5O5S/c1-11(29-13-5-6-17(21)18(22)9-13)31(27,28)15-4-2-3-12(7-15)16-8-14(30-19(16)26)10-20(23,24)25/h2-9,11,14H,10H2,1H3/t11-,14?/m1/s1. The van der Waals surface area contributed by atoms with Gasteiger partial charge in [-0.1, -0.05) is 12.1 Å². The average molecular weight is 462 g/mol. The van der Waals surface area contributed by atoms with E-state index < -0.39 is 51.6 Å². The molecule has 5 nitrogen and oxygen atoms in total. The maximum atomic E-state index is 13.3. The molecule has 1 unspecified atom stereocenters. The van der Waals surface area contributed by atoms with E-state index in [-0.39, 0.29) is 21.8 Å². The van der Waals surface area contributed by atoms with E-state index in [1.54, 1.807) is 0 Å². The number of ether oxygens (including phenoxy) is 2. The largest absolute Gasteiger partial charge is 0.474 e. The van der Waals surface area contributed by atoms with Gasteiger partial charge in [0.25, 0.3) is 0 Å².